The lowest BCUT2D eigenvalue weighted by molar-refractivity contribution is -0.144. The minimum Gasteiger partial charge on any atom is -0.478 e. The molecule has 0 spiro atoms. The average molecular weight is 187 g/mol. The molecule has 1 atom stereocenters. The fourth-order valence-electron chi connectivity index (χ4n) is 0.798. The molecule has 0 unspecified atom stereocenters. The Morgan fingerprint density at radius 1 is 1.38 bits per heavy atom. The molecular weight excluding hydrogens is 180 g/mol. The van der Waals surface area contributed by atoms with Gasteiger partial charge in [0.1, 0.15) is 0 Å². The van der Waals surface area contributed by atoms with Crippen molar-refractivity contribution in [2.24, 2.45) is 0 Å². The summed E-state index contributed by atoms with van der Waals surface area (Å²) in [6, 6.07) is 7.13. The SMILES string of the molecule is O=C(O)[C@H](F)N(F)c1ccccc1. The number of anilines is 1. The van der Waals surface area contributed by atoms with Gasteiger partial charge in [-0.25, -0.2) is 9.18 Å². The van der Waals surface area contributed by atoms with Crippen LogP contribution in [-0.2, 0) is 4.79 Å². The Morgan fingerprint density at radius 3 is 2.38 bits per heavy atom. The molecule has 13 heavy (non-hydrogen) atoms. The van der Waals surface area contributed by atoms with E-state index >= 15 is 0 Å². The molecule has 70 valence electrons. The molecule has 0 aliphatic rings. The van der Waals surface area contributed by atoms with Crippen molar-refractivity contribution in [3.63, 3.8) is 0 Å². The van der Waals surface area contributed by atoms with E-state index in [9.17, 15) is 13.7 Å². The topological polar surface area (TPSA) is 40.5 Å². The summed E-state index contributed by atoms with van der Waals surface area (Å²) in [5.74, 6) is -1.86. The summed E-state index contributed by atoms with van der Waals surface area (Å²) in [4.78, 5) is 10.1. The predicted molar refractivity (Wildman–Crippen MR) is 42.6 cm³/mol. The standard InChI is InChI=1S/C8H7F2NO2/c9-7(8(12)13)11(10)6-4-2-1-3-5-6/h1-5,7H,(H,12,13)/t7-/m1/s1. The first-order valence-corrected chi connectivity index (χ1v) is 3.50. The third-order valence-corrected chi connectivity index (χ3v) is 1.41. The zero-order valence-corrected chi connectivity index (χ0v) is 6.52. The van der Waals surface area contributed by atoms with Gasteiger partial charge in [0, 0.05) is 0 Å². The number of aliphatic carboxylic acids is 1. The highest BCUT2D eigenvalue weighted by Gasteiger charge is 2.25. The normalized spacial score (nSPS) is 12.2. The molecule has 3 nitrogen and oxygen atoms in total. The fraction of sp³-hybridized carbons (Fsp3) is 0.125. The van der Waals surface area contributed by atoms with Gasteiger partial charge in [0.15, 0.2) is 0 Å². The summed E-state index contributed by atoms with van der Waals surface area (Å²) < 4.78 is 25.4. The summed E-state index contributed by atoms with van der Waals surface area (Å²) in [5, 5.41) is 7.71. The Bertz CT molecular complexity index is 291. The van der Waals surface area contributed by atoms with Crippen LogP contribution in [-0.4, -0.2) is 17.4 Å². The zero-order chi connectivity index (χ0) is 9.84. The Labute approximate surface area is 73.1 Å². The third kappa shape index (κ3) is 2.14. The van der Waals surface area contributed by atoms with Gasteiger partial charge in [-0.3, -0.25) is 0 Å². The first kappa shape index (κ1) is 9.44. The highest BCUT2D eigenvalue weighted by Crippen LogP contribution is 2.17. The minimum atomic E-state index is -2.66. The molecule has 0 aliphatic carbocycles. The predicted octanol–water partition coefficient (Wildman–Crippen LogP) is 1.76. The van der Waals surface area contributed by atoms with E-state index < -0.39 is 17.4 Å². The van der Waals surface area contributed by atoms with E-state index in [0.29, 0.717) is 0 Å². The molecule has 1 aromatic carbocycles. The molecule has 0 radical (unpaired) electrons. The van der Waals surface area contributed by atoms with Crippen LogP contribution in [0.5, 0.6) is 0 Å². The summed E-state index contributed by atoms with van der Waals surface area (Å²) >= 11 is 0. The highest BCUT2D eigenvalue weighted by atomic mass is 19.2. The van der Waals surface area contributed by atoms with Crippen LogP contribution in [0.15, 0.2) is 30.3 Å². The van der Waals surface area contributed by atoms with Crippen LogP contribution in [0.4, 0.5) is 14.6 Å². The van der Waals surface area contributed by atoms with Crippen LogP contribution in [0, 0.1) is 0 Å². The smallest absolute Gasteiger partial charge is 0.362 e. The Hall–Kier alpha value is -1.65. The van der Waals surface area contributed by atoms with Crippen LogP contribution in [0.1, 0.15) is 0 Å². The monoisotopic (exact) mass is 187 g/mol. The van der Waals surface area contributed by atoms with Gasteiger partial charge in [-0.05, 0) is 12.1 Å². The van der Waals surface area contributed by atoms with Crippen molar-refractivity contribution >= 4 is 11.7 Å². The number of hydrogen-bond donors (Lipinski definition) is 1. The van der Waals surface area contributed by atoms with Gasteiger partial charge in [0.2, 0.25) is 0 Å². The number of alkyl halides is 1. The number of nitrogens with zero attached hydrogens (tertiary/aromatic N) is 1. The van der Waals surface area contributed by atoms with E-state index in [4.69, 9.17) is 5.11 Å². The number of benzene rings is 1. The second-order valence-electron chi connectivity index (χ2n) is 2.32. The maximum atomic E-state index is 12.9. The van der Waals surface area contributed by atoms with Gasteiger partial charge in [0.05, 0.1) is 5.69 Å². The molecule has 1 rings (SSSR count). The lowest BCUT2D eigenvalue weighted by Crippen LogP contribution is -2.31. The number of carboxylic acid groups (broad SMARTS) is 1. The number of halogens is 2. The second kappa shape index (κ2) is 3.84. The van der Waals surface area contributed by atoms with Gasteiger partial charge in [-0.2, -0.15) is 5.12 Å². The minimum absolute atomic E-state index is 0.127. The Kier molecular flexibility index (Phi) is 2.79. The second-order valence-corrected chi connectivity index (χ2v) is 2.32. The van der Waals surface area contributed by atoms with E-state index in [-0.39, 0.29) is 5.69 Å². The molecule has 0 heterocycles. The average Bonchev–Trinajstić information content (AvgIpc) is 2.17. The number of rotatable bonds is 3. The molecule has 1 N–H and O–H groups in total. The molecule has 0 amide bonds. The lowest BCUT2D eigenvalue weighted by atomic mass is 10.3. The van der Waals surface area contributed by atoms with Crippen LogP contribution in [0.3, 0.4) is 0 Å². The molecule has 0 aromatic heterocycles. The first-order chi connectivity index (χ1) is 6.13. The van der Waals surface area contributed by atoms with Crippen molar-refractivity contribution in [2.45, 2.75) is 6.30 Å². The zero-order valence-electron chi connectivity index (χ0n) is 6.52. The van der Waals surface area contributed by atoms with Crippen molar-refractivity contribution in [2.75, 3.05) is 5.12 Å². The van der Waals surface area contributed by atoms with E-state index in [1.54, 1.807) is 6.07 Å². The van der Waals surface area contributed by atoms with E-state index in [2.05, 4.69) is 0 Å². The fourth-order valence-corrected chi connectivity index (χ4v) is 0.798. The van der Waals surface area contributed by atoms with Crippen molar-refractivity contribution < 1.29 is 18.8 Å². The van der Waals surface area contributed by atoms with Crippen molar-refractivity contribution in [1.29, 1.82) is 0 Å². The lowest BCUT2D eigenvalue weighted by Gasteiger charge is -2.14. The molecule has 0 bridgehead atoms. The Morgan fingerprint density at radius 2 is 1.92 bits per heavy atom. The largest absolute Gasteiger partial charge is 0.478 e. The van der Waals surface area contributed by atoms with Crippen LogP contribution < -0.4 is 5.12 Å². The molecule has 1 aromatic rings. The number of carboxylic acids is 1. The van der Waals surface area contributed by atoms with E-state index in [1.165, 1.54) is 24.3 Å². The van der Waals surface area contributed by atoms with Gasteiger partial charge in [-0.1, -0.05) is 22.7 Å². The van der Waals surface area contributed by atoms with Gasteiger partial charge in [-0.15, -0.1) is 0 Å². The van der Waals surface area contributed by atoms with Gasteiger partial charge >= 0.3 is 5.97 Å². The van der Waals surface area contributed by atoms with Crippen LogP contribution in [0.2, 0.25) is 0 Å². The van der Waals surface area contributed by atoms with Gasteiger partial charge in [0.25, 0.3) is 6.30 Å². The molecular formula is C8H7F2NO2. The van der Waals surface area contributed by atoms with Crippen molar-refractivity contribution in [3.8, 4) is 0 Å². The number of hydrogen-bond acceptors (Lipinski definition) is 2. The maximum absolute atomic E-state index is 12.9. The summed E-state index contributed by atoms with van der Waals surface area (Å²) in [6.45, 7) is 0. The number of para-hydroxylation sites is 1. The summed E-state index contributed by atoms with van der Waals surface area (Å²) in [6.07, 6.45) is -2.66. The summed E-state index contributed by atoms with van der Waals surface area (Å²) in [5.41, 5.74) is -0.127. The maximum Gasteiger partial charge on any atom is 0.362 e. The van der Waals surface area contributed by atoms with Crippen LogP contribution in [0.25, 0.3) is 0 Å². The molecule has 0 fully saturated rings. The van der Waals surface area contributed by atoms with Gasteiger partial charge < -0.3 is 5.11 Å². The van der Waals surface area contributed by atoms with Crippen LogP contribution >= 0.6 is 0 Å². The van der Waals surface area contributed by atoms with E-state index in [0.717, 1.165) is 0 Å². The molecule has 5 heteroatoms. The first-order valence-electron chi connectivity index (χ1n) is 3.50. The van der Waals surface area contributed by atoms with Crippen molar-refractivity contribution in [1.82, 2.24) is 0 Å². The quantitative estimate of drug-likeness (QED) is 0.579. The molecule has 0 aliphatic heterocycles. The summed E-state index contributed by atoms with van der Waals surface area (Å²) in [7, 11) is 0. The Balaban J connectivity index is 2.79. The highest BCUT2D eigenvalue weighted by molar-refractivity contribution is 5.75. The molecule has 0 saturated carbocycles. The number of carbonyl (C=O) groups is 1. The third-order valence-electron chi connectivity index (χ3n) is 1.41. The van der Waals surface area contributed by atoms with E-state index in [1.807, 2.05) is 0 Å². The molecule has 0 saturated heterocycles. The van der Waals surface area contributed by atoms with Crippen molar-refractivity contribution in [3.05, 3.63) is 30.3 Å².